The highest BCUT2D eigenvalue weighted by Gasteiger charge is 2.62. The fourth-order valence-corrected chi connectivity index (χ4v) is 1.11. The zero-order valence-electron chi connectivity index (χ0n) is 6.09. The topological polar surface area (TPSA) is 12.0 Å². The van der Waals surface area contributed by atoms with Gasteiger partial charge in [0, 0.05) is 6.42 Å². The largest absolute Gasteiger partial charge is 0.311 e. The average molecular weight is 189 g/mol. The summed E-state index contributed by atoms with van der Waals surface area (Å²) in [5.41, 5.74) is -3.65. The predicted octanol–water partition coefficient (Wildman–Crippen LogP) is 1.59. The van der Waals surface area contributed by atoms with Crippen molar-refractivity contribution in [2.24, 2.45) is 0 Å². The van der Waals surface area contributed by atoms with Gasteiger partial charge in [0.05, 0.1) is 6.54 Å². The maximum absolute atomic E-state index is 12.9. The van der Waals surface area contributed by atoms with Gasteiger partial charge in [-0.25, -0.2) is 22.0 Å². The molecule has 1 fully saturated rings. The highest BCUT2D eigenvalue weighted by Crippen LogP contribution is 2.41. The van der Waals surface area contributed by atoms with Crippen LogP contribution in [0.15, 0.2) is 0 Å². The molecule has 1 unspecified atom stereocenters. The highest BCUT2D eigenvalue weighted by atomic mass is 19.3. The van der Waals surface area contributed by atoms with E-state index in [4.69, 9.17) is 0 Å². The molecule has 0 aromatic heterocycles. The first kappa shape index (κ1) is 9.70. The third-order valence-corrected chi connectivity index (χ3v) is 1.97. The maximum Gasteiger partial charge on any atom is 0.299 e. The number of rotatable bonds is 1. The van der Waals surface area contributed by atoms with Crippen LogP contribution in [0.1, 0.15) is 6.42 Å². The molecule has 0 saturated carbocycles. The van der Waals surface area contributed by atoms with Crippen LogP contribution in [0, 0.1) is 0 Å². The minimum absolute atomic E-state index is 0.142. The molecule has 1 atom stereocenters. The van der Waals surface area contributed by atoms with Gasteiger partial charge < -0.3 is 5.32 Å². The summed E-state index contributed by atoms with van der Waals surface area (Å²) in [6.45, 7) is -1.16. The summed E-state index contributed by atoms with van der Waals surface area (Å²) in [6.07, 6.45) is -4.48. The molecule has 1 heterocycles. The van der Waals surface area contributed by atoms with Crippen molar-refractivity contribution in [1.29, 1.82) is 0 Å². The standard InChI is InChI=1S/C6H8F5N/c7-4(8)5(9)1-2-12-3-6(5,10)11/h4,12H,1-3H2. The average Bonchev–Trinajstić information content (AvgIpc) is 1.95. The lowest BCUT2D eigenvalue weighted by Gasteiger charge is -2.36. The number of hydrogen-bond donors (Lipinski definition) is 1. The summed E-state index contributed by atoms with van der Waals surface area (Å²) >= 11 is 0. The van der Waals surface area contributed by atoms with Gasteiger partial charge in [0.1, 0.15) is 0 Å². The first-order valence-corrected chi connectivity index (χ1v) is 3.46. The molecule has 1 aliphatic heterocycles. The summed E-state index contributed by atoms with van der Waals surface area (Å²) in [4.78, 5) is 0. The molecular formula is C6H8F5N. The van der Waals surface area contributed by atoms with Gasteiger partial charge in [-0.05, 0) is 6.54 Å². The third-order valence-electron chi connectivity index (χ3n) is 1.97. The molecule has 72 valence electrons. The number of alkyl halides is 5. The SMILES string of the molecule is FC(F)C1(F)CCNCC1(F)F. The first-order valence-electron chi connectivity index (χ1n) is 3.46. The summed E-state index contributed by atoms with van der Waals surface area (Å²) in [7, 11) is 0. The van der Waals surface area contributed by atoms with Crippen molar-refractivity contribution in [1.82, 2.24) is 5.32 Å². The molecule has 1 N–H and O–H groups in total. The van der Waals surface area contributed by atoms with Crippen molar-refractivity contribution in [2.75, 3.05) is 13.1 Å². The van der Waals surface area contributed by atoms with Crippen LogP contribution >= 0.6 is 0 Å². The van der Waals surface area contributed by atoms with Gasteiger partial charge in [-0.3, -0.25) is 0 Å². The summed E-state index contributed by atoms with van der Waals surface area (Å²) in [6, 6.07) is 0. The molecule has 12 heavy (non-hydrogen) atoms. The zero-order valence-corrected chi connectivity index (χ0v) is 6.09. The summed E-state index contributed by atoms with van der Waals surface area (Å²) in [5.74, 6) is -3.97. The fraction of sp³-hybridized carbons (Fsp3) is 1.00. The van der Waals surface area contributed by atoms with Crippen LogP contribution in [0.5, 0.6) is 0 Å². The van der Waals surface area contributed by atoms with Gasteiger partial charge in [-0.1, -0.05) is 0 Å². The van der Waals surface area contributed by atoms with Crippen molar-refractivity contribution in [3.63, 3.8) is 0 Å². The quantitative estimate of drug-likeness (QED) is 0.617. The van der Waals surface area contributed by atoms with Gasteiger partial charge in [0.25, 0.3) is 12.3 Å². The Labute approximate surface area is 65.9 Å². The highest BCUT2D eigenvalue weighted by molar-refractivity contribution is 5.00. The number of piperidine rings is 1. The molecular weight excluding hydrogens is 181 g/mol. The molecule has 1 saturated heterocycles. The third kappa shape index (κ3) is 1.28. The lowest BCUT2D eigenvalue weighted by molar-refractivity contribution is -0.207. The van der Waals surface area contributed by atoms with E-state index in [0.29, 0.717) is 0 Å². The minimum atomic E-state index is -3.97. The Morgan fingerprint density at radius 3 is 2.08 bits per heavy atom. The number of nitrogens with one attached hydrogen (secondary N) is 1. The Morgan fingerprint density at radius 1 is 1.17 bits per heavy atom. The molecule has 0 spiro atoms. The van der Waals surface area contributed by atoms with Gasteiger partial charge in [-0.2, -0.15) is 0 Å². The van der Waals surface area contributed by atoms with E-state index in [2.05, 4.69) is 5.32 Å². The predicted molar refractivity (Wildman–Crippen MR) is 32.3 cm³/mol. The molecule has 1 rings (SSSR count). The lowest BCUT2D eigenvalue weighted by Crippen LogP contribution is -2.60. The molecule has 1 nitrogen and oxygen atoms in total. The monoisotopic (exact) mass is 189 g/mol. The van der Waals surface area contributed by atoms with Crippen molar-refractivity contribution in [2.45, 2.75) is 24.4 Å². The van der Waals surface area contributed by atoms with Gasteiger partial charge >= 0.3 is 0 Å². The van der Waals surface area contributed by atoms with Crippen LogP contribution < -0.4 is 5.32 Å². The zero-order chi connectivity index (χ0) is 9.41. The van der Waals surface area contributed by atoms with E-state index in [1.54, 1.807) is 0 Å². The van der Waals surface area contributed by atoms with Crippen LogP contribution in [0.25, 0.3) is 0 Å². The van der Waals surface area contributed by atoms with E-state index in [1.807, 2.05) is 0 Å². The van der Waals surface area contributed by atoms with E-state index in [1.165, 1.54) is 0 Å². The Kier molecular flexibility index (Phi) is 2.29. The van der Waals surface area contributed by atoms with Crippen LogP contribution in [-0.4, -0.2) is 31.1 Å². The second-order valence-corrected chi connectivity index (χ2v) is 2.79. The second kappa shape index (κ2) is 2.83. The summed E-state index contributed by atoms with van der Waals surface area (Å²) < 4.78 is 61.9. The Hall–Kier alpha value is -0.390. The Bertz CT molecular complexity index is 171. The van der Waals surface area contributed by atoms with Crippen LogP contribution in [0.4, 0.5) is 22.0 Å². The molecule has 0 aliphatic carbocycles. The number of halogens is 5. The van der Waals surface area contributed by atoms with Gasteiger partial charge in [0.2, 0.25) is 5.67 Å². The van der Waals surface area contributed by atoms with Crippen LogP contribution in [-0.2, 0) is 0 Å². The maximum atomic E-state index is 12.9. The molecule has 6 heteroatoms. The molecule has 0 aromatic rings. The van der Waals surface area contributed by atoms with Gasteiger partial charge in [0.15, 0.2) is 0 Å². The van der Waals surface area contributed by atoms with Crippen molar-refractivity contribution >= 4 is 0 Å². The molecule has 0 bridgehead atoms. The van der Waals surface area contributed by atoms with E-state index >= 15 is 0 Å². The molecule has 0 amide bonds. The molecule has 1 aliphatic rings. The summed E-state index contributed by atoms with van der Waals surface area (Å²) in [5, 5.41) is 2.16. The fourth-order valence-electron chi connectivity index (χ4n) is 1.11. The lowest BCUT2D eigenvalue weighted by atomic mass is 9.91. The molecule has 0 radical (unpaired) electrons. The Balaban J connectivity index is 2.84. The van der Waals surface area contributed by atoms with Crippen molar-refractivity contribution in [3.8, 4) is 0 Å². The van der Waals surface area contributed by atoms with Crippen LogP contribution in [0.3, 0.4) is 0 Å². The van der Waals surface area contributed by atoms with E-state index in [-0.39, 0.29) is 6.54 Å². The minimum Gasteiger partial charge on any atom is -0.311 e. The smallest absolute Gasteiger partial charge is 0.299 e. The van der Waals surface area contributed by atoms with Crippen molar-refractivity contribution < 1.29 is 22.0 Å². The van der Waals surface area contributed by atoms with E-state index in [0.717, 1.165) is 0 Å². The van der Waals surface area contributed by atoms with Crippen LogP contribution in [0.2, 0.25) is 0 Å². The normalized spacial score (nSPS) is 35.5. The Morgan fingerprint density at radius 2 is 1.75 bits per heavy atom. The first-order chi connectivity index (χ1) is 5.40. The molecule has 0 aromatic carbocycles. The number of hydrogen-bond acceptors (Lipinski definition) is 1. The van der Waals surface area contributed by atoms with Gasteiger partial charge in [-0.15, -0.1) is 0 Å². The van der Waals surface area contributed by atoms with Crippen molar-refractivity contribution in [3.05, 3.63) is 0 Å². The van der Waals surface area contributed by atoms with E-state index in [9.17, 15) is 22.0 Å². The second-order valence-electron chi connectivity index (χ2n) is 2.79. The van der Waals surface area contributed by atoms with E-state index < -0.39 is 31.0 Å².